The molecule has 0 unspecified atom stereocenters. The summed E-state index contributed by atoms with van der Waals surface area (Å²) in [5, 5.41) is 4.18. The maximum atomic E-state index is 16.0. The van der Waals surface area contributed by atoms with Gasteiger partial charge in [-0.3, -0.25) is 0 Å². The van der Waals surface area contributed by atoms with Crippen LogP contribution in [0.25, 0.3) is 11.1 Å². The second kappa shape index (κ2) is 13.2. The lowest BCUT2D eigenvalue weighted by molar-refractivity contribution is 0.252. The summed E-state index contributed by atoms with van der Waals surface area (Å²) < 4.78 is 45.0. The molecule has 47 heavy (non-hydrogen) atoms. The molecular formula is C39H30Cl2O4P2. The average molecular weight is 696 g/mol. The van der Waals surface area contributed by atoms with Gasteiger partial charge in [-0.05, 0) is 24.3 Å². The molecule has 0 amide bonds. The van der Waals surface area contributed by atoms with Crippen molar-refractivity contribution in [3.05, 3.63) is 156 Å². The van der Waals surface area contributed by atoms with E-state index in [1.807, 2.05) is 121 Å². The zero-order valence-electron chi connectivity index (χ0n) is 25.3. The first-order chi connectivity index (χ1) is 22.9. The zero-order chi connectivity index (χ0) is 32.4. The lowest BCUT2D eigenvalue weighted by atomic mass is 10.0. The van der Waals surface area contributed by atoms with E-state index in [2.05, 4.69) is 0 Å². The Hall–Kier alpha value is -4.04. The highest BCUT2D eigenvalue weighted by Gasteiger charge is 2.40. The number of hydrogen-bond acceptors (Lipinski definition) is 4. The fourth-order valence-electron chi connectivity index (χ4n) is 6.20. The summed E-state index contributed by atoms with van der Waals surface area (Å²) in [4.78, 5) is 0. The van der Waals surface area contributed by atoms with Crippen molar-refractivity contribution in [1.29, 1.82) is 0 Å². The number of halogens is 2. The highest BCUT2D eigenvalue weighted by Crippen LogP contribution is 2.55. The van der Waals surface area contributed by atoms with E-state index < -0.39 is 14.3 Å². The van der Waals surface area contributed by atoms with Crippen LogP contribution in [0.1, 0.15) is 6.42 Å². The number of hydrogen-bond donors (Lipinski definition) is 0. The normalized spacial score (nSPS) is 13.1. The molecule has 6 aromatic carbocycles. The molecule has 1 aliphatic heterocycles. The van der Waals surface area contributed by atoms with Gasteiger partial charge in [-0.1, -0.05) is 145 Å². The molecule has 0 atom stereocenters. The predicted octanol–water partition coefficient (Wildman–Crippen LogP) is 8.10. The molecule has 6 aromatic rings. The van der Waals surface area contributed by atoms with Crippen molar-refractivity contribution in [1.82, 2.24) is 0 Å². The van der Waals surface area contributed by atoms with E-state index in [0.717, 1.165) is 0 Å². The van der Waals surface area contributed by atoms with Crippen LogP contribution in [0.15, 0.2) is 146 Å². The maximum Gasteiger partial charge on any atom is 0.171 e. The number of ether oxygens (including phenoxy) is 2. The maximum absolute atomic E-state index is 16.0. The fraction of sp³-hybridized carbons (Fsp3) is 0.0769. The van der Waals surface area contributed by atoms with E-state index in [1.165, 1.54) is 0 Å². The Morgan fingerprint density at radius 1 is 0.426 bits per heavy atom. The van der Waals surface area contributed by atoms with Crippen LogP contribution in [0, 0.1) is 0 Å². The SMILES string of the molecule is O=P(c1ccccc1)(c1ccccc1)c1ccc(Cl)c2c1-c1c(P(=O)(c3ccccc3)c3ccccc3)ccc(Cl)c1OCCCO2. The van der Waals surface area contributed by atoms with Gasteiger partial charge in [0.15, 0.2) is 14.3 Å². The van der Waals surface area contributed by atoms with Crippen molar-refractivity contribution in [2.75, 3.05) is 13.2 Å². The molecule has 0 saturated carbocycles. The van der Waals surface area contributed by atoms with Crippen LogP contribution in [0.3, 0.4) is 0 Å². The minimum Gasteiger partial charge on any atom is -0.491 e. The minimum atomic E-state index is -3.62. The third-order valence-electron chi connectivity index (χ3n) is 8.36. The highest BCUT2D eigenvalue weighted by atomic mass is 35.5. The molecule has 0 aromatic heterocycles. The predicted molar refractivity (Wildman–Crippen MR) is 196 cm³/mol. The van der Waals surface area contributed by atoms with Gasteiger partial charge in [0, 0.05) is 49.4 Å². The smallest absolute Gasteiger partial charge is 0.171 e. The quantitative estimate of drug-likeness (QED) is 0.165. The van der Waals surface area contributed by atoms with Crippen molar-refractivity contribution in [2.24, 2.45) is 0 Å². The van der Waals surface area contributed by atoms with Crippen molar-refractivity contribution in [3.8, 4) is 22.6 Å². The Labute approximate surface area is 284 Å². The van der Waals surface area contributed by atoms with E-state index in [-0.39, 0.29) is 0 Å². The topological polar surface area (TPSA) is 52.6 Å². The monoisotopic (exact) mass is 694 g/mol. The van der Waals surface area contributed by atoms with Crippen molar-refractivity contribution < 1.29 is 18.6 Å². The van der Waals surface area contributed by atoms with Gasteiger partial charge < -0.3 is 18.6 Å². The summed E-state index contributed by atoms with van der Waals surface area (Å²) in [6.07, 6.45) is 0.546. The van der Waals surface area contributed by atoms with Crippen molar-refractivity contribution >= 4 is 69.3 Å². The number of rotatable bonds is 6. The molecule has 0 N–H and O–H groups in total. The fourth-order valence-corrected chi connectivity index (χ4v) is 12.3. The average Bonchev–Trinajstić information content (AvgIpc) is 3.23. The van der Waals surface area contributed by atoms with Gasteiger partial charge in [0.1, 0.15) is 11.5 Å². The first-order valence-corrected chi connectivity index (χ1v) is 19.5. The van der Waals surface area contributed by atoms with Crippen LogP contribution in [0.2, 0.25) is 10.0 Å². The molecule has 8 heteroatoms. The van der Waals surface area contributed by atoms with Crippen LogP contribution >= 0.6 is 37.5 Å². The van der Waals surface area contributed by atoms with E-state index in [9.17, 15) is 0 Å². The van der Waals surface area contributed by atoms with Gasteiger partial charge in [0.25, 0.3) is 0 Å². The molecule has 7 rings (SSSR count). The summed E-state index contributed by atoms with van der Waals surface area (Å²) in [5.41, 5.74) is 0.907. The lowest BCUT2D eigenvalue weighted by Gasteiger charge is -2.29. The molecule has 0 aliphatic carbocycles. The first kappa shape index (κ1) is 31.6. The Balaban J connectivity index is 1.67. The summed E-state index contributed by atoms with van der Waals surface area (Å²) in [6.45, 7) is 0.597. The molecule has 4 nitrogen and oxygen atoms in total. The third-order valence-corrected chi connectivity index (χ3v) is 15.2. The Morgan fingerprint density at radius 2 is 0.723 bits per heavy atom. The zero-order valence-corrected chi connectivity index (χ0v) is 28.6. The minimum absolute atomic E-state index is 0.299. The summed E-state index contributed by atoms with van der Waals surface area (Å²) in [6, 6.07) is 44.7. The van der Waals surface area contributed by atoms with E-state index >= 15 is 9.13 Å². The van der Waals surface area contributed by atoms with Gasteiger partial charge >= 0.3 is 0 Å². The number of benzene rings is 6. The first-order valence-electron chi connectivity index (χ1n) is 15.3. The second-order valence-electron chi connectivity index (χ2n) is 11.2. The summed E-state index contributed by atoms with van der Waals surface area (Å²) in [7, 11) is -7.24. The summed E-state index contributed by atoms with van der Waals surface area (Å²) >= 11 is 14.0. The molecule has 0 radical (unpaired) electrons. The Kier molecular flexibility index (Phi) is 8.88. The summed E-state index contributed by atoms with van der Waals surface area (Å²) in [5.74, 6) is 0.693. The van der Waals surface area contributed by atoms with Crippen LogP contribution in [-0.4, -0.2) is 13.2 Å². The molecule has 0 saturated heterocycles. The molecule has 0 spiro atoms. The van der Waals surface area contributed by atoms with Crippen molar-refractivity contribution in [2.45, 2.75) is 6.42 Å². The molecule has 234 valence electrons. The van der Waals surface area contributed by atoms with Crippen LogP contribution in [0.4, 0.5) is 0 Å². The van der Waals surface area contributed by atoms with Crippen LogP contribution < -0.4 is 41.3 Å². The standard InChI is InChI=1S/C39H30Cl2O4P2/c40-32-22-24-34(46(42,28-14-5-1-6-15-28)29-16-7-2-8-17-29)36-37-35(25-23-33(41)39(37)45-27-13-26-44-38(32)36)47(43,30-18-9-3-10-19-30)31-20-11-4-12-21-31/h1-12,14-25H,13,26-27H2. The van der Waals surface area contributed by atoms with E-state index in [0.29, 0.717) is 84.1 Å². The lowest BCUT2D eigenvalue weighted by Crippen LogP contribution is -2.30. The van der Waals surface area contributed by atoms with Crippen molar-refractivity contribution in [3.63, 3.8) is 0 Å². The van der Waals surface area contributed by atoms with E-state index in [4.69, 9.17) is 32.7 Å². The second-order valence-corrected chi connectivity index (χ2v) is 17.4. The molecular weight excluding hydrogens is 665 g/mol. The Bertz CT molecular complexity index is 1900. The molecule has 0 bridgehead atoms. The van der Waals surface area contributed by atoms with Crippen LogP contribution in [0.5, 0.6) is 11.5 Å². The van der Waals surface area contributed by atoms with Gasteiger partial charge in [-0.25, -0.2) is 0 Å². The molecule has 1 heterocycles. The van der Waals surface area contributed by atoms with Gasteiger partial charge in [0.2, 0.25) is 0 Å². The van der Waals surface area contributed by atoms with Crippen LogP contribution in [-0.2, 0) is 9.13 Å². The molecule has 1 aliphatic rings. The van der Waals surface area contributed by atoms with Gasteiger partial charge in [0.05, 0.1) is 23.3 Å². The van der Waals surface area contributed by atoms with E-state index in [1.54, 1.807) is 24.3 Å². The third kappa shape index (κ3) is 5.54. The highest BCUT2D eigenvalue weighted by molar-refractivity contribution is 7.86. The van der Waals surface area contributed by atoms with Gasteiger partial charge in [-0.15, -0.1) is 0 Å². The largest absolute Gasteiger partial charge is 0.491 e. The Morgan fingerprint density at radius 3 is 1.02 bits per heavy atom. The van der Waals surface area contributed by atoms with Gasteiger partial charge in [-0.2, -0.15) is 0 Å². The molecule has 0 fully saturated rings. The number of fused-ring (bicyclic) bond motifs is 3.